The molecule has 1 fully saturated rings. The Morgan fingerprint density at radius 1 is 1.47 bits per heavy atom. The summed E-state index contributed by atoms with van der Waals surface area (Å²) >= 11 is 0. The van der Waals surface area contributed by atoms with Gasteiger partial charge in [0, 0.05) is 38.9 Å². The van der Waals surface area contributed by atoms with Gasteiger partial charge in [0.15, 0.2) is 0 Å². The van der Waals surface area contributed by atoms with Crippen molar-refractivity contribution in [3.63, 3.8) is 0 Å². The van der Waals surface area contributed by atoms with Gasteiger partial charge in [-0.1, -0.05) is 0 Å². The Bertz CT molecular complexity index is 403. The zero-order chi connectivity index (χ0) is 13.7. The average Bonchev–Trinajstić information content (AvgIpc) is 2.41. The molecule has 2 rings (SSSR count). The first-order chi connectivity index (χ1) is 9.22. The van der Waals surface area contributed by atoms with Crippen molar-refractivity contribution in [2.75, 3.05) is 26.9 Å². The third-order valence-corrected chi connectivity index (χ3v) is 3.65. The first-order valence-electron chi connectivity index (χ1n) is 6.71. The van der Waals surface area contributed by atoms with Gasteiger partial charge in [0.2, 0.25) is 0 Å². The van der Waals surface area contributed by atoms with Crippen LogP contribution in [0.3, 0.4) is 0 Å². The summed E-state index contributed by atoms with van der Waals surface area (Å²) in [4.78, 5) is 3.94. The fourth-order valence-corrected chi connectivity index (χ4v) is 2.84. The molecule has 1 aromatic heterocycles. The third-order valence-electron chi connectivity index (χ3n) is 3.65. The monoisotopic (exact) mass is 268 g/mol. The maximum Gasteiger partial charge on any atom is 0.141 e. The van der Waals surface area contributed by atoms with Crippen molar-refractivity contribution in [1.82, 2.24) is 10.3 Å². The highest BCUT2D eigenvalue weighted by molar-refractivity contribution is 5.20. The zero-order valence-electron chi connectivity index (χ0n) is 11.5. The number of nitrogens with one attached hydrogen (secondary N) is 1. The van der Waals surface area contributed by atoms with Gasteiger partial charge in [0.25, 0.3) is 0 Å². The molecule has 5 heteroatoms. The van der Waals surface area contributed by atoms with Crippen molar-refractivity contribution >= 4 is 0 Å². The third kappa shape index (κ3) is 3.11. The topological polar surface area (TPSA) is 43.4 Å². The van der Waals surface area contributed by atoms with Crippen LogP contribution in [0.5, 0.6) is 0 Å². The Morgan fingerprint density at radius 2 is 2.21 bits per heavy atom. The number of nitrogens with zero attached hydrogens (tertiary/aromatic N) is 1. The molecule has 0 radical (unpaired) electrons. The lowest BCUT2D eigenvalue weighted by molar-refractivity contribution is -0.127. The van der Waals surface area contributed by atoms with Crippen LogP contribution in [0.2, 0.25) is 0 Å². The van der Waals surface area contributed by atoms with E-state index >= 15 is 0 Å². The van der Waals surface area contributed by atoms with Crippen molar-refractivity contribution < 1.29 is 13.9 Å². The van der Waals surface area contributed by atoms with Crippen LogP contribution in [0.1, 0.15) is 31.4 Å². The van der Waals surface area contributed by atoms with Crippen molar-refractivity contribution in [1.29, 1.82) is 0 Å². The van der Waals surface area contributed by atoms with Gasteiger partial charge in [-0.2, -0.15) is 0 Å². The van der Waals surface area contributed by atoms with Gasteiger partial charge in [-0.05, 0) is 25.6 Å². The summed E-state index contributed by atoms with van der Waals surface area (Å²) in [6.07, 6.45) is 4.50. The molecule has 1 saturated heterocycles. The lowest BCUT2D eigenvalue weighted by atomic mass is 9.82. The van der Waals surface area contributed by atoms with E-state index in [1.807, 2.05) is 14.0 Å². The van der Waals surface area contributed by atoms with Crippen molar-refractivity contribution in [2.45, 2.75) is 31.4 Å². The smallest absolute Gasteiger partial charge is 0.141 e. The second-order valence-corrected chi connectivity index (χ2v) is 4.77. The molecule has 2 heterocycles. The predicted octanol–water partition coefficient (Wildman–Crippen LogP) is 2.07. The molecular weight excluding hydrogens is 247 g/mol. The van der Waals surface area contributed by atoms with Crippen molar-refractivity contribution in [3.05, 3.63) is 29.8 Å². The van der Waals surface area contributed by atoms with Gasteiger partial charge in [0.1, 0.15) is 5.82 Å². The summed E-state index contributed by atoms with van der Waals surface area (Å²) < 4.78 is 24.8. The fourth-order valence-electron chi connectivity index (χ4n) is 2.84. The molecule has 0 bridgehead atoms. The molecule has 1 aliphatic heterocycles. The minimum absolute atomic E-state index is 0.0838. The number of rotatable bonds is 5. The van der Waals surface area contributed by atoms with E-state index in [1.54, 1.807) is 6.20 Å². The van der Waals surface area contributed by atoms with Gasteiger partial charge >= 0.3 is 0 Å². The van der Waals surface area contributed by atoms with Gasteiger partial charge < -0.3 is 14.8 Å². The van der Waals surface area contributed by atoms with Crippen molar-refractivity contribution in [3.8, 4) is 0 Å². The minimum Gasteiger partial charge on any atom is -0.381 e. The van der Waals surface area contributed by atoms with Crippen LogP contribution in [-0.2, 0) is 9.47 Å². The molecule has 1 aliphatic rings. The highest BCUT2D eigenvalue weighted by Crippen LogP contribution is 2.37. The Labute approximate surface area is 113 Å². The van der Waals surface area contributed by atoms with Gasteiger partial charge in [-0.15, -0.1) is 0 Å². The summed E-state index contributed by atoms with van der Waals surface area (Å²) in [7, 11) is 1.87. The molecule has 1 atom stereocenters. The molecular formula is C14H21FN2O2. The number of pyridine rings is 1. The van der Waals surface area contributed by atoms with E-state index in [2.05, 4.69) is 10.3 Å². The summed E-state index contributed by atoms with van der Waals surface area (Å²) in [5.74, 6) is -0.323. The highest BCUT2D eigenvalue weighted by atomic mass is 19.1. The van der Waals surface area contributed by atoms with E-state index in [0.29, 0.717) is 19.8 Å². The Morgan fingerprint density at radius 3 is 2.79 bits per heavy atom. The second-order valence-electron chi connectivity index (χ2n) is 4.77. The number of halogens is 1. The molecule has 0 aliphatic carbocycles. The van der Waals surface area contributed by atoms with Crippen LogP contribution >= 0.6 is 0 Å². The van der Waals surface area contributed by atoms with E-state index in [4.69, 9.17) is 9.47 Å². The number of aromatic nitrogens is 1. The van der Waals surface area contributed by atoms with E-state index in [9.17, 15) is 4.39 Å². The van der Waals surface area contributed by atoms with Gasteiger partial charge in [-0.3, -0.25) is 4.98 Å². The summed E-state index contributed by atoms with van der Waals surface area (Å²) in [6, 6.07) is 1.43. The van der Waals surface area contributed by atoms with Crippen LogP contribution in [0, 0.1) is 5.82 Å². The summed E-state index contributed by atoms with van der Waals surface area (Å²) in [5, 5.41) is 3.25. The standard InChI is InChI=1S/C14H21FN2O2/c1-3-19-14(4-6-18-7-5-14)13(16-2)11-8-12(15)10-17-9-11/h8-10,13,16H,3-7H2,1-2H3. The molecule has 0 spiro atoms. The molecule has 1 N–H and O–H groups in total. The first kappa shape index (κ1) is 14.4. The molecule has 0 aromatic carbocycles. The minimum atomic E-state index is -0.350. The Kier molecular flexibility index (Phi) is 4.85. The van der Waals surface area contributed by atoms with Crippen molar-refractivity contribution in [2.24, 2.45) is 0 Å². The van der Waals surface area contributed by atoms with E-state index < -0.39 is 0 Å². The number of ether oxygens (including phenoxy) is 2. The van der Waals surface area contributed by atoms with Crippen LogP contribution in [0.25, 0.3) is 0 Å². The molecule has 0 saturated carbocycles. The number of hydrogen-bond acceptors (Lipinski definition) is 4. The molecule has 106 valence electrons. The molecule has 1 aromatic rings. The van der Waals surface area contributed by atoms with Gasteiger partial charge in [0.05, 0.1) is 17.8 Å². The lowest BCUT2D eigenvalue weighted by Crippen LogP contribution is -2.49. The second kappa shape index (κ2) is 6.41. The van der Waals surface area contributed by atoms with E-state index in [1.165, 1.54) is 12.3 Å². The lowest BCUT2D eigenvalue weighted by Gasteiger charge is -2.43. The quantitative estimate of drug-likeness (QED) is 0.888. The molecule has 0 amide bonds. The van der Waals surface area contributed by atoms with E-state index in [0.717, 1.165) is 18.4 Å². The molecule has 19 heavy (non-hydrogen) atoms. The Balaban J connectivity index is 2.31. The maximum atomic E-state index is 13.4. The maximum absolute atomic E-state index is 13.4. The molecule has 1 unspecified atom stereocenters. The average molecular weight is 268 g/mol. The first-order valence-corrected chi connectivity index (χ1v) is 6.71. The van der Waals surface area contributed by atoms with Gasteiger partial charge in [-0.25, -0.2) is 4.39 Å². The van der Waals surface area contributed by atoms with Crippen LogP contribution in [0.15, 0.2) is 18.5 Å². The normalized spacial score (nSPS) is 20.2. The molecule has 4 nitrogen and oxygen atoms in total. The van der Waals surface area contributed by atoms with Crippen LogP contribution in [0.4, 0.5) is 4.39 Å². The fraction of sp³-hybridized carbons (Fsp3) is 0.643. The van der Waals surface area contributed by atoms with Crippen LogP contribution in [-0.4, -0.2) is 37.5 Å². The highest BCUT2D eigenvalue weighted by Gasteiger charge is 2.41. The number of hydrogen-bond donors (Lipinski definition) is 1. The van der Waals surface area contributed by atoms with Crippen LogP contribution < -0.4 is 5.32 Å². The summed E-state index contributed by atoms with van der Waals surface area (Å²) in [5.41, 5.74) is 0.467. The largest absolute Gasteiger partial charge is 0.381 e. The predicted molar refractivity (Wildman–Crippen MR) is 70.4 cm³/mol. The van der Waals surface area contributed by atoms with E-state index in [-0.39, 0.29) is 17.5 Å². The zero-order valence-corrected chi connectivity index (χ0v) is 11.5. The summed E-state index contributed by atoms with van der Waals surface area (Å²) in [6.45, 7) is 3.94. The SMILES string of the molecule is CCOC1(C(NC)c2cncc(F)c2)CCOCC1. The Hall–Kier alpha value is -1.04. The number of likely N-dealkylation sites (N-methyl/N-ethyl adjacent to an activating group) is 1.